The zero-order chi connectivity index (χ0) is 11.4. The van der Waals surface area contributed by atoms with E-state index < -0.39 is 4.92 Å². The molecule has 0 radical (unpaired) electrons. The van der Waals surface area contributed by atoms with Crippen molar-refractivity contribution in [1.82, 2.24) is 0 Å². The molecule has 0 bridgehead atoms. The predicted molar refractivity (Wildman–Crippen MR) is 55.7 cm³/mol. The van der Waals surface area contributed by atoms with Gasteiger partial charge in [-0.15, -0.1) is 0 Å². The average molecular weight is 208 g/mol. The summed E-state index contributed by atoms with van der Waals surface area (Å²) in [4.78, 5) is 21.3. The van der Waals surface area contributed by atoms with Gasteiger partial charge in [0.2, 0.25) is 0 Å². The molecule has 0 fully saturated rings. The number of ketones is 1. The second-order valence-electron chi connectivity index (χ2n) is 3.41. The number of nitrogens with zero attached hydrogens (tertiary/aromatic N) is 1. The van der Waals surface area contributed by atoms with Gasteiger partial charge in [-0.1, -0.05) is 0 Å². The Kier molecular flexibility index (Phi) is 3.51. The Balaban J connectivity index is 2.80. The van der Waals surface area contributed by atoms with E-state index in [2.05, 4.69) is 0 Å². The van der Waals surface area contributed by atoms with Crippen LogP contribution in [0.4, 0.5) is 5.69 Å². The van der Waals surface area contributed by atoms with Gasteiger partial charge >= 0.3 is 0 Å². The first-order chi connectivity index (χ1) is 7.00. The van der Waals surface area contributed by atoms with E-state index in [0.717, 1.165) is 0 Å². The summed E-state index contributed by atoms with van der Waals surface area (Å²) in [5.41, 5.74) is 5.92. The first-order valence-electron chi connectivity index (χ1n) is 4.54. The molecule has 1 aromatic carbocycles. The molecule has 1 unspecified atom stereocenters. The minimum Gasteiger partial charge on any atom is -0.328 e. The summed E-state index contributed by atoms with van der Waals surface area (Å²) in [6.45, 7) is 1.74. The number of nitro groups is 1. The molecular weight excluding hydrogens is 196 g/mol. The molecule has 15 heavy (non-hydrogen) atoms. The molecule has 0 amide bonds. The molecule has 0 aliphatic carbocycles. The summed E-state index contributed by atoms with van der Waals surface area (Å²) in [5, 5.41) is 10.4. The topological polar surface area (TPSA) is 86.2 Å². The number of nitro benzene ring substituents is 1. The largest absolute Gasteiger partial charge is 0.328 e. The van der Waals surface area contributed by atoms with E-state index in [-0.39, 0.29) is 23.9 Å². The lowest BCUT2D eigenvalue weighted by molar-refractivity contribution is -0.384. The van der Waals surface area contributed by atoms with Crippen LogP contribution in [-0.2, 0) is 0 Å². The highest BCUT2D eigenvalue weighted by Crippen LogP contribution is 2.13. The average Bonchev–Trinajstić information content (AvgIpc) is 2.17. The van der Waals surface area contributed by atoms with E-state index in [9.17, 15) is 14.9 Å². The van der Waals surface area contributed by atoms with Gasteiger partial charge in [0.1, 0.15) is 0 Å². The summed E-state index contributed by atoms with van der Waals surface area (Å²) in [6.07, 6.45) is 0.248. The van der Waals surface area contributed by atoms with E-state index in [4.69, 9.17) is 5.73 Å². The lowest BCUT2D eigenvalue weighted by atomic mass is 10.0. The van der Waals surface area contributed by atoms with Crippen LogP contribution >= 0.6 is 0 Å². The van der Waals surface area contributed by atoms with Crippen molar-refractivity contribution in [3.05, 3.63) is 39.9 Å². The molecule has 0 saturated heterocycles. The number of carbonyl (C=O) groups is 1. The Hall–Kier alpha value is -1.75. The van der Waals surface area contributed by atoms with Crippen LogP contribution in [0.2, 0.25) is 0 Å². The number of benzene rings is 1. The SMILES string of the molecule is CC(N)CC(=O)c1ccc([N+](=O)[O-])cc1. The molecule has 1 rings (SSSR count). The molecule has 1 aromatic rings. The number of hydrogen-bond donors (Lipinski definition) is 1. The van der Waals surface area contributed by atoms with Gasteiger partial charge in [-0.2, -0.15) is 0 Å². The molecule has 80 valence electrons. The minimum absolute atomic E-state index is 0.0210. The van der Waals surface area contributed by atoms with Gasteiger partial charge in [-0.25, -0.2) is 0 Å². The van der Waals surface area contributed by atoms with Gasteiger partial charge in [0.05, 0.1) is 4.92 Å². The number of carbonyl (C=O) groups excluding carboxylic acids is 1. The Labute approximate surface area is 87.0 Å². The molecule has 2 N–H and O–H groups in total. The number of non-ortho nitro benzene ring substituents is 1. The maximum absolute atomic E-state index is 11.5. The monoisotopic (exact) mass is 208 g/mol. The third kappa shape index (κ3) is 3.14. The fraction of sp³-hybridized carbons (Fsp3) is 0.300. The number of hydrogen-bond acceptors (Lipinski definition) is 4. The van der Waals surface area contributed by atoms with Gasteiger partial charge in [0.15, 0.2) is 5.78 Å². The third-order valence-corrected chi connectivity index (χ3v) is 1.91. The summed E-state index contributed by atoms with van der Waals surface area (Å²) < 4.78 is 0. The standard InChI is InChI=1S/C10H12N2O3/c1-7(11)6-10(13)8-2-4-9(5-3-8)12(14)15/h2-5,7H,6,11H2,1H3. The van der Waals surface area contributed by atoms with Crippen molar-refractivity contribution in [2.24, 2.45) is 5.73 Å². The minimum atomic E-state index is -0.500. The zero-order valence-electron chi connectivity index (χ0n) is 8.34. The Morgan fingerprint density at radius 3 is 2.40 bits per heavy atom. The molecule has 1 atom stereocenters. The van der Waals surface area contributed by atoms with Crippen LogP contribution in [0.15, 0.2) is 24.3 Å². The quantitative estimate of drug-likeness (QED) is 0.461. The van der Waals surface area contributed by atoms with Gasteiger partial charge in [0, 0.05) is 30.2 Å². The molecule has 0 aliphatic rings. The summed E-state index contributed by atoms with van der Waals surface area (Å²) in [5.74, 6) is -0.0973. The smallest absolute Gasteiger partial charge is 0.269 e. The Bertz CT molecular complexity index is 371. The van der Waals surface area contributed by atoms with Crippen LogP contribution < -0.4 is 5.73 Å². The van der Waals surface area contributed by atoms with E-state index >= 15 is 0 Å². The van der Waals surface area contributed by atoms with Crippen LogP contribution in [-0.4, -0.2) is 16.7 Å². The number of Topliss-reactive ketones (excluding diaryl/α,β-unsaturated/α-hetero) is 1. The molecule has 0 spiro atoms. The van der Waals surface area contributed by atoms with Crippen molar-refractivity contribution in [3.63, 3.8) is 0 Å². The lowest BCUT2D eigenvalue weighted by Crippen LogP contribution is -2.19. The highest BCUT2D eigenvalue weighted by molar-refractivity contribution is 5.96. The van der Waals surface area contributed by atoms with Gasteiger partial charge in [0.25, 0.3) is 5.69 Å². The second kappa shape index (κ2) is 4.65. The van der Waals surface area contributed by atoms with Crippen molar-refractivity contribution in [1.29, 1.82) is 0 Å². The number of nitrogens with two attached hydrogens (primary N) is 1. The first-order valence-corrected chi connectivity index (χ1v) is 4.54. The van der Waals surface area contributed by atoms with Crippen molar-refractivity contribution < 1.29 is 9.72 Å². The summed E-state index contributed by atoms with van der Waals surface area (Å²) in [6, 6.07) is 5.32. The molecule has 0 aromatic heterocycles. The van der Waals surface area contributed by atoms with E-state index in [1.807, 2.05) is 0 Å². The van der Waals surface area contributed by atoms with Crippen molar-refractivity contribution >= 4 is 11.5 Å². The van der Waals surface area contributed by atoms with Crippen LogP contribution in [0.1, 0.15) is 23.7 Å². The Morgan fingerprint density at radius 1 is 1.47 bits per heavy atom. The summed E-state index contributed by atoms with van der Waals surface area (Å²) >= 11 is 0. The molecular formula is C10H12N2O3. The normalized spacial score (nSPS) is 12.1. The zero-order valence-corrected chi connectivity index (χ0v) is 8.34. The predicted octanol–water partition coefficient (Wildman–Crippen LogP) is 1.51. The molecule has 5 nitrogen and oxygen atoms in total. The lowest BCUT2D eigenvalue weighted by Gasteiger charge is -2.03. The second-order valence-corrected chi connectivity index (χ2v) is 3.41. The third-order valence-electron chi connectivity index (χ3n) is 1.91. The van der Waals surface area contributed by atoms with Gasteiger partial charge in [-0.05, 0) is 19.1 Å². The summed E-state index contributed by atoms with van der Waals surface area (Å²) in [7, 11) is 0. The highest BCUT2D eigenvalue weighted by Gasteiger charge is 2.10. The van der Waals surface area contributed by atoms with Crippen LogP contribution in [0.25, 0.3) is 0 Å². The van der Waals surface area contributed by atoms with Crippen molar-refractivity contribution in [3.8, 4) is 0 Å². The van der Waals surface area contributed by atoms with E-state index in [0.29, 0.717) is 5.56 Å². The molecule has 0 saturated carbocycles. The van der Waals surface area contributed by atoms with E-state index in [1.165, 1.54) is 24.3 Å². The molecule has 0 heterocycles. The highest BCUT2D eigenvalue weighted by atomic mass is 16.6. The number of rotatable bonds is 4. The van der Waals surface area contributed by atoms with Crippen molar-refractivity contribution in [2.75, 3.05) is 0 Å². The van der Waals surface area contributed by atoms with E-state index in [1.54, 1.807) is 6.92 Å². The Morgan fingerprint density at radius 2 is 2.00 bits per heavy atom. The van der Waals surface area contributed by atoms with Gasteiger partial charge in [-0.3, -0.25) is 14.9 Å². The van der Waals surface area contributed by atoms with Crippen LogP contribution in [0, 0.1) is 10.1 Å². The molecule has 5 heteroatoms. The molecule has 0 aliphatic heterocycles. The maximum Gasteiger partial charge on any atom is 0.269 e. The fourth-order valence-electron chi connectivity index (χ4n) is 1.18. The fourth-order valence-corrected chi connectivity index (χ4v) is 1.18. The van der Waals surface area contributed by atoms with Gasteiger partial charge < -0.3 is 5.73 Å². The van der Waals surface area contributed by atoms with Crippen LogP contribution in [0.5, 0.6) is 0 Å². The van der Waals surface area contributed by atoms with Crippen LogP contribution in [0.3, 0.4) is 0 Å². The maximum atomic E-state index is 11.5. The van der Waals surface area contributed by atoms with Crippen molar-refractivity contribution in [2.45, 2.75) is 19.4 Å². The first kappa shape index (κ1) is 11.3.